The van der Waals surface area contributed by atoms with Gasteiger partial charge in [0, 0.05) is 31.8 Å². The number of ether oxygens (including phenoxy) is 1. The van der Waals surface area contributed by atoms with Crippen LogP contribution in [0.5, 0.6) is 0 Å². The lowest BCUT2D eigenvalue weighted by molar-refractivity contribution is 0.145. The highest BCUT2D eigenvalue weighted by molar-refractivity contribution is 5.90. The average Bonchev–Trinajstić information content (AvgIpc) is 3.19. The molecule has 3 aliphatic rings. The molecule has 0 bridgehead atoms. The van der Waals surface area contributed by atoms with Gasteiger partial charge in [0.2, 0.25) is 0 Å². The standard InChI is InChI=1S/C15H17F2N5O3/c16-9-1-7(22-4-8(3-18)25-15(22)24)2-10(17)13(9)21-5-11-12(6-21)20-14(23)19-11/h1-2,8,11-12H,3-6,18H2,(H2,19,20,23). The Bertz CT molecular complexity index is 707. The molecule has 3 saturated heterocycles. The molecule has 0 saturated carbocycles. The summed E-state index contributed by atoms with van der Waals surface area (Å²) in [6, 6.07) is 1.57. The monoisotopic (exact) mass is 353 g/mol. The molecule has 134 valence electrons. The summed E-state index contributed by atoms with van der Waals surface area (Å²) in [5.41, 5.74) is 5.38. The highest BCUT2D eigenvalue weighted by atomic mass is 19.1. The van der Waals surface area contributed by atoms with Crippen LogP contribution in [-0.2, 0) is 4.74 Å². The van der Waals surface area contributed by atoms with E-state index in [4.69, 9.17) is 10.5 Å². The lowest BCUT2D eigenvalue weighted by Gasteiger charge is -2.22. The molecule has 8 nitrogen and oxygen atoms in total. The maximum atomic E-state index is 14.6. The maximum absolute atomic E-state index is 14.6. The number of cyclic esters (lactones) is 1. The Morgan fingerprint density at radius 1 is 1.12 bits per heavy atom. The molecular weight excluding hydrogens is 336 g/mol. The van der Waals surface area contributed by atoms with Crippen molar-refractivity contribution in [2.24, 2.45) is 5.73 Å². The van der Waals surface area contributed by atoms with Gasteiger partial charge in [-0.05, 0) is 0 Å². The van der Waals surface area contributed by atoms with Crippen molar-refractivity contribution >= 4 is 23.5 Å². The first-order chi connectivity index (χ1) is 12.0. The van der Waals surface area contributed by atoms with Crippen molar-refractivity contribution in [1.82, 2.24) is 10.6 Å². The third-order valence-electron chi connectivity index (χ3n) is 4.72. The number of amides is 3. The Morgan fingerprint density at radius 3 is 2.24 bits per heavy atom. The van der Waals surface area contributed by atoms with Gasteiger partial charge in [-0.1, -0.05) is 0 Å². The Hall–Kier alpha value is -2.62. The van der Waals surface area contributed by atoms with Gasteiger partial charge in [-0.15, -0.1) is 0 Å². The van der Waals surface area contributed by atoms with Crippen LogP contribution >= 0.6 is 0 Å². The molecule has 3 fully saturated rings. The summed E-state index contributed by atoms with van der Waals surface area (Å²) in [6.45, 7) is 0.896. The van der Waals surface area contributed by atoms with E-state index in [2.05, 4.69) is 10.6 Å². The fourth-order valence-electron chi connectivity index (χ4n) is 3.52. The minimum atomic E-state index is -0.773. The molecule has 0 aromatic heterocycles. The summed E-state index contributed by atoms with van der Waals surface area (Å²) >= 11 is 0. The number of rotatable bonds is 3. The third-order valence-corrected chi connectivity index (χ3v) is 4.72. The molecule has 0 radical (unpaired) electrons. The lowest BCUT2D eigenvalue weighted by atomic mass is 10.2. The van der Waals surface area contributed by atoms with Crippen LogP contribution in [0.25, 0.3) is 0 Å². The van der Waals surface area contributed by atoms with E-state index in [1.807, 2.05) is 0 Å². The molecule has 1 aromatic rings. The normalized spacial score (nSPS) is 28.0. The van der Waals surface area contributed by atoms with Crippen LogP contribution in [0.3, 0.4) is 0 Å². The molecule has 4 rings (SSSR count). The number of benzene rings is 1. The van der Waals surface area contributed by atoms with Crippen LogP contribution in [0.15, 0.2) is 12.1 Å². The number of nitrogens with one attached hydrogen (secondary N) is 2. The van der Waals surface area contributed by atoms with E-state index in [1.54, 1.807) is 4.90 Å². The molecule has 3 heterocycles. The molecule has 4 N–H and O–H groups in total. The van der Waals surface area contributed by atoms with Crippen LogP contribution < -0.4 is 26.2 Å². The van der Waals surface area contributed by atoms with Crippen LogP contribution in [0.1, 0.15) is 0 Å². The zero-order valence-corrected chi connectivity index (χ0v) is 13.2. The summed E-state index contributed by atoms with van der Waals surface area (Å²) in [5, 5.41) is 5.42. The predicted octanol–water partition coefficient (Wildman–Crippen LogP) is 0.119. The SMILES string of the molecule is NCC1CN(c2cc(F)c(N3CC4NC(=O)NC4C3)c(F)c2)C(=O)O1. The Morgan fingerprint density at radius 2 is 1.72 bits per heavy atom. The summed E-state index contributed by atoms with van der Waals surface area (Å²) in [4.78, 5) is 25.8. The number of anilines is 2. The van der Waals surface area contributed by atoms with E-state index in [0.29, 0.717) is 13.1 Å². The van der Waals surface area contributed by atoms with Crippen LogP contribution in [-0.4, -0.2) is 56.5 Å². The van der Waals surface area contributed by atoms with E-state index < -0.39 is 23.8 Å². The second-order valence-corrected chi connectivity index (χ2v) is 6.35. The molecule has 3 aliphatic heterocycles. The van der Waals surface area contributed by atoms with E-state index in [9.17, 15) is 18.4 Å². The van der Waals surface area contributed by atoms with Gasteiger partial charge in [-0.2, -0.15) is 0 Å². The van der Waals surface area contributed by atoms with Crippen molar-refractivity contribution in [2.45, 2.75) is 18.2 Å². The topological polar surface area (TPSA) is 99.9 Å². The zero-order valence-electron chi connectivity index (χ0n) is 13.2. The number of carbonyl (C=O) groups is 2. The van der Waals surface area contributed by atoms with E-state index >= 15 is 0 Å². The fraction of sp³-hybridized carbons (Fsp3) is 0.467. The third kappa shape index (κ3) is 2.62. The Kier molecular flexibility index (Phi) is 3.64. The first kappa shape index (κ1) is 15.9. The van der Waals surface area contributed by atoms with Crippen molar-refractivity contribution in [1.29, 1.82) is 0 Å². The maximum Gasteiger partial charge on any atom is 0.414 e. The number of nitrogens with zero attached hydrogens (tertiary/aromatic N) is 2. The summed E-state index contributed by atoms with van der Waals surface area (Å²) in [6.07, 6.45) is -1.17. The van der Waals surface area contributed by atoms with E-state index in [0.717, 1.165) is 17.0 Å². The predicted molar refractivity (Wildman–Crippen MR) is 84.5 cm³/mol. The number of carbonyl (C=O) groups excluding carboxylic acids is 2. The van der Waals surface area contributed by atoms with Gasteiger partial charge in [0.05, 0.1) is 24.3 Å². The van der Waals surface area contributed by atoms with Crippen molar-refractivity contribution in [3.63, 3.8) is 0 Å². The van der Waals surface area contributed by atoms with Crippen LogP contribution in [0.2, 0.25) is 0 Å². The molecule has 0 aliphatic carbocycles. The summed E-state index contributed by atoms with van der Waals surface area (Å²) < 4.78 is 34.2. The number of hydrogen-bond acceptors (Lipinski definition) is 5. The van der Waals surface area contributed by atoms with E-state index in [-0.39, 0.29) is 42.6 Å². The number of fused-ring (bicyclic) bond motifs is 1. The lowest BCUT2D eigenvalue weighted by Crippen LogP contribution is -2.35. The second-order valence-electron chi connectivity index (χ2n) is 6.35. The van der Waals surface area contributed by atoms with Crippen molar-refractivity contribution in [3.05, 3.63) is 23.8 Å². The molecule has 3 atom stereocenters. The van der Waals surface area contributed by atoms with Crippen molar-refractivity contribution in [3.8, 4) is 0 Å². The molecular formula is C15H17F2N5O3. The average molecular weight is 353 g/mol. The minimum Gasteiger partial charge on any atom is -0.443 e. The van der Waals surface area contributed by atoms with Gasteiger partial charge in [0.25, 0.3) is 0 Å². The van der Waals surface area contributed by atoms with Crippen molar-refractivity contribution in [2.75, 3.05) is 36.0 Å². The number of hydrogen-bond donors (Lipinski definition) is 3. The molecule has 25 heavy (non-hydrogen) atoms. The van der Waals surface area contributed by atoms with Crippen molar-refractivity contribution < 1.29 is 23.1 Å². The highest BCUT2D eigenvalue weighted by Gasteiger charge is 2.41. The van der Waals surface area contributed by atoms with Gasteiger partial charge in [-0.25, -0.2) is 18.4 Å². The van der Waals surface area contributed by atoms with Gasteiger partial charge in [0.15, 0.2) is 11.6 Å². The Balaban J connectivity index is 1.58. The van der Waals surface area contributed by atoms with Gasteiger partial charge < -0.3 is 26.0 Å². The fourth-order valence-corrected chi connectivity index (χ4v) is 3.52. The largest absolute Gasteiger partial charge is 0.443 e. The molecule has 0 spiro atoms. The highest BCUT2D eigenvalue weighted by Crippen LogP contribution is 2.33. The minimum absolute atomic E-state index is 0.0884. The van der Waals surface area contributed by atoms with E-state index in [1.165, 1.54) is 0 Å². The number of nitrogens with two attached hydrogens (primary N) is 1. The molecule has 10 heteroatoms. The zero-order chi connectivity index (χ0) is 17.7. The quantitative estimate of drug-likeness (QED) is 0.717. The van der Waals surface area contributed by atoms with Gasteiger partial charge in [-0.3, -0.25) is 4.90 Å². The van der Waals surface area contributed by atoms with Gasteiger partial charge in [0.1, 0.15) is 11.8 Å². The Labute approximate surface area is 141 Å². The molecule has 1 aromatic carbocycles. The second kappa shape index (κ2) is 5.73. The first-order valence-electron chi connectivity index (χ1n) is 7.95. The summed E-state index contributed by atoms with van der Waals surface area (Å²) in [7, 11) is 0. The first-order valence-corrected chi connectivity index (χ1v) is 7.95. The molecule has 3 amide bonds. The summed E-state index contributed by atoms with van der Waals surface area (Å²) in [5.74, 6) is -1.55. The van der Waals surface area contributed by atoms with Crippen LogP contribution in [0.4, 0.5) is 29.7 Å². The van der Waals surface area contributed by atoms with Gasteiger partial charge >= 0.3 is 12.1 Å². The van der Waals surface area contributed by atoms with Crippen LogP contribution in [0, 0.1) is 11.6 Å². The smallest absolute Gasteiger partial charge is 0.414 e. The molecule has 3 unspecified atom stereocenters. The number of halogens is 2. The number of urea groups is 1.